The lowest BCUT2D eigenvalue weighted by atomic mass is 10.1. The number of ether oxygens (including phenoxy) is 2. The number of guanidine groups is 1. The van der Waals surface area contributed by atoms with Crippen LogP contribution >= 0.6 is 24.0 Å². The van der Waals surface area contributed by atoms with Crippen molar-refractivity contribution < 1.29 is 9.47 Å². The van der Waals surface area contributed by atoms with Crippen molar-refractivity contribution in [1.29, 1.82) is 0 Å². The van der Waals surface area contributed by atoms with Crippen LogP contribution in [-0.4, -0.2) is 37.7 Å². The third-order valence-electron chi connectivity index (χ3n) is 3.89. The molecule has 0 spiro atoms. The third kappa shape index (κ3) is 7.24. The van der Waals surface area contributed by atoms with E-state index < -0.39 is 0 Å². The Morgan fingerprint density at radius 2 is 1.89 bits per heavy atom. The standard InChI is InChI=1S/C20H28N4O2.HI/c1-5-21-20(22-11-12-26-17-9-7-6-8-10-17)24-14-18-16(3)19(25-4)15(2)13-23-18;/h6-10,13H,5,11-12,14H2,1-4H3,(H2,21,22,24);1H. The molecule has 0 unspecified atom stereocenters. The zero-order valence-electron chi connectivity index (χ0n) is 16.4. The highest BCUT2D eigenvalue weighted by Crippen LogP contribution is 2.24. The summed E-state index contributed by atoms with van der Waals surface area (Å²) in [6.45, 7) is 8.53. The molecule has 0 aliphatic carbocycles. The van der Waals surface area contributed by atoms with Gasteiger partial charge in [0.2, 0.25) is 0 Å². The maximum Gasteiger partial charge on any atom is 0.191 e. The maximum atomic E-state index is 5.69. The molecule has 1 aromatic heterocycles. The Bertz CT molecular complexity index is 723. The van der Waals surface area contributed by atoms with Gasteiger partial charge in [0.25, 0.3) is 0 Å². The zero-order chi connectivity index (χ0) is 18.8. The number of nitrogens with zero attached hydrogens (tertiary/aromatic N) is 2. The maximum absolute atomic E-state index is 5.69. The molecule has 0 radical (unpaired) electrons. The minimum atomic E-state index is 0. The fourth-order valence-electron chi connectivity index (χ4n) is 2.58. The molecule has 0 saturated heterocycles. The van der Waals surface area contributed by atoms with Crippen LogP contribution in [0.1, 0.15) is 23.7 Å². The Kier molecular flexibility index (Phi) is 10.5. The van der Waals surface area contributed by atoms with Gasteiger partial charge in [-0.05, 0) is 32.9 Å². The minimum absolute atomic E-state index is 0. The second kappa shape index (κ2) is 12.4. The van der Waals surface area contributed by atoms with Gasteiger partial charge in [-0.15, -0.1) is 24.0 Å². The zero-order valence-corrected chi connectivity index (χ0v) is 18.7. The fraction of sp³-hybridized carbons (Fsp3) is 0.400. The van der Waals surface area contributed by atoms with E-state index in [1.165, 1.54) is 0 Å². The van der Waals surface area contributed by atoms with Crippen LogP contribution < -0.4 is 20.1 Å². The lowest BCUT2D eigenvalue weighted by Crippen LogP contribution is -2.39. The van der Waals surface area contributed by atoms with Gasteiger partial charge >= 0.3 is 0 Å². The molecule has 0 atom stereocenters. The van der Waals surface area contributed by atoms with Crippen molar-refractivity contribution in [2.75, 3.05) is 26.8 Å². The van der Waals surface area contributed by atoms with Gasteiger partial charge in [0.05, 0.1) is 25.9 Å². The molecule has 1 aromatic carbocycles. The van der Waals surface area contributed by atoms with Gasteiger partial charge in [0.15, 0.2) is 5.96 Å². The number of para-hydroxylation sites is 1. The highest BCUT2D eigenvalue weighted by Gasteiger charge is 2.09. The third-order valence-corrected chi connectivity index (χ3v) is 3.89. The Hall–Kier alpha value is -2.03. The van der Waals surface area contributed by atoms with Crippen LogP contribution in [-0.2, 0) is 6.54 Å². The summed E-state index contributed by atoms with van der Waals surface area (Å²) in [5.41, 5.74) is 2.96. The first-order chi connectivity index (χ1) is 12.7. The van der Waals surface area contributed by atoms with E-state index in [2.05, 4.69) is 20.6 Å². The van der Waals surface area contributed by atoms with Gasteiger partial charge in [0, 0.05) is 23.9 Å². The Morgan fingerprint density at radius 1 is 1.15 bits per heavy atom. The number of aromatic nitrogens is 1. The van der Waals surface area contributed by atoms with E-state index in [9.17, 15) is 0 Å². The van der Waals surface area contributed by atoms with E-state index in [-0.39, 0.29) is 24.0 Å². The average Bonchev–Trinajstić information content (AvgIpc) is 2.65. The average molecular weight is 484 g/mol. The van der Waals surface area contributed by atoms with Crippen LogP contribution in [0.25, 0.3) is 0 Å². The normalized spacial score (nSPS) is 10.7. The number of halogens is 1. The highest BCUT2D eigenvalue weighted by atomic mass is 127. The van der Waals surface area contributed by atoms with Crippen LogP contribution in [0.15, 0.2) is 41.5 Å². The second-order valence-electron chi connectivity index (χ2n) is 5.83. The molecule has 6 nitrogen and oxygen atoms in total. The van der Waals surface area contributed by atoms with Gasteiger partial charge in [-0.3, -0.25) is 4.98 Å². The molecule has 0 bridgehead atoms. The van der Waals surface area contributed by atoms with Crippen molar-refractivity contribution in [3.8, 4) is 11.5 Å². The summed E-state index contributed by atoms with van der Waals surface area (Å²) < 4.78 is 11.1. The smallest absolute Gasteiger partial charge is 0.191 e. The summed E-state index contributed by atoms with van der Waals surface area (Å²) >= 11 is 0. The monoisotopic (exact) mass is 484 g/mol. The van der Waals surface area contributed by atoms with Crippen molar-refractivity contribution in [2.24, 2.45) is 4.99 Å². The molecule has 0 amide bonds. The molecular formula is C20H29IN4O2. The van der Waals surface area contributed by atoms with Gasteiger partial charge in [0.1, 0.15) is 18.1 Å². The van der Waals surface area contributed by atoms with Crippen molar-refractivity contribution in [3.63, 3.8) is 0 Å². The highest BCUT2D eigenvalue weighted by molar-refractivity contribution is 14.0. The second-order valence-corrected chi connectivity index (χ2v) is 5.83. The number of aliphatic imine (C=N–C) groups is 1. The summed E-state index contributed by atoms with van der Waals surface area (Å²) in [4.78, 5) is 9.10. The van der Waals surface area contributed by atoms with E-state index in [1.54, 1.807) is 7.11 Å². The molecule has 148 valence electrons. The number of aryl methyl sites for hydroxylation is 1. The molecule has 2 aromatic rings. The number of nitrogens with one attached hydrogen (secondary N) is 2. The number of hydrogen-bond donors (Lipinski definition) is 2. The minimum Gasteiger partial charge on any atom is -0.496 e. The predicted octanol–water partition coefficient (Wildman–Crippen LogP) is 3.46. The molecule has 1 heterocycles. The van der Waals surface area contributed by atoms with E-state index in [4.69, 9.17) is 9.47 Å². The first-order valence-corrected chi connectivity index (χ1v) is 8.84. The molecule has 27 heavy (non-hydrogen) atoms. The van der Waals surface area contributed by atoms with Gasteiger partial charge in [-0.25, -0.2) is 4.99 Å². The Balaban J connectivity index is 0.00000364. The summed E-state index contributed by atoms with van der Waals surface area (Å²) in [7, 11) is 1.68. The van der Waals surface area contributed by atoms with Crippen molar-refractivity contribution >= 4 is 29.9 Å². The van der Waals surface area contributed by atoms with Crippen LogP contribution in [0.5, 0.6) is 11.5 Å². The van der Waals surface area contributed by atoms with Gasteiger partial charge in [-0.1, -0.05) is 18.2 Å². The molecule has 7 heteroatoms. The lowest BCUT2D eigenvalue weighted by Gasteiger charge is -2.13. The largest absolute Gasteiger partial charge is 0.496 e. The number of benzene rings is 1. The summed E-state index contributed by atoms with van der Waals surface area (Å²) in [5, 5.41) is 6.51. The number of hydrogen-bond acceptors (Lipinski definition) is 4. The fourth-order valence-corrected chi connectivity index (χ4v) is 2.58. The topological polar surface area (TPSA) is 67.8 Å². The summed E-state index contributed by atoms with van der Waals surface area (Å²) in [6.07, 6.45) is 1.82. The van der Waals surface area contributed by atoms with Crippen molar-refractivity contribution in [3.05, 3.63) is 53.3 Å². The number of pyridine rings is 1. The van der Waals surface area contributed by atoms with Crippen molar-refractivity contribution in [1.82, 2.24) is 15.6 Å². The molecule has 2 rings (SSSR count). The SMILES string of the molecule is CCNC(=NCc1ncc(C)c(OC)c1C)NCCOc1ccccc1.I. The Morgan fingerprint density at radius 3 is 2.56 bits per heavy atom. The van der Waals surface area contributed by atoms with E-state index in [1.807, 2.05) is 57.3 Å². The van der Waals surface area contributed by atoms with Crippen LogP contribution in [0.2, 0.25) is 0 Å². The Labute approximate surface area is 178 Å². The van der Waals surface area contributed by atoms with E-state index in [0.29, 0.717) is 19.7 Å². The van der Waals surface area contributed by atoms with Crippen molar-refractivity contribution in [2.45, 2.75) is 27.3 Å². The number of rotatable bonds is 8. The van der Waals surface area contributed by atoms with Crippen LogP contribution in [0.4, 0.5) is 0 Å². The quantitative estimate of drug-likeness (QED) is 0.260. The first-order valence-electron chi connectivity index (χ1n) is 8.84. The molecule has 2 N–H and O–H groups in total. The van der Waals surface area contributed by atoms with Crippen LogP contribution in [0, 0.1) is 13.8 Å². The summed E-state index contributed by atoms with van der Waals surface area (Å²) in [6, 6.07) is 9.77. The molecule has 0 saturated carbocycles. The molecule has 0 aliphatic rings. The molecule has 0 fully saturated rings. The van der Waals surface area contributed by atoms with E-state index in [0.717, 1.165) is 40.8 Å². The van der Waals surface area contributed by atoms with E-state index >= 15 is 0 Å². The van der Waals surface area contributed by atoms with Gasteiger partial charge < -0.3 is 20.1 Å². The number of methoxy groups -OCH3 is 1. The molecule has 0 aliphatic heterocycles. The predicted molar refractivity (Wildman–Crippen MR) is 120 cm³/mol. The first kappa shape index (κ1) is 23.0. The lowest BCUT2D eigenvalue weighted by molar-refractivity contribution is 0.322. The summed E-state index contributed by atoms with van der Waals surface area (Å²) in [5.74, 6) is 2.48. The van der Waals surface area contributed by atoms with Gasteiger partial charge in [-0.2, -0.15) is 0 Å². The van der Waals surface area contributed by atoms with Crippen LogP contribution in [0.3, 0.4) is 0 Å². The molecular weight excluding hydrogens is 455 g/mol.